The SMILES string of the molecule is CCc1cc(Oc2[c-]c3c(cc2)c2cc(C(C)C(C)(C)C)ccc2n3-c2cc(C)ccn2)[c-]c(-n2nc(C)c(-c3ccccc3)c2C)c1.[Pt+2]. The van der Waals surface area contributed by atoms with Gasteiger partial charge in [-0.15, -0.1) is 35.7 Å². The van der Waals surface area contributed by atoms with E-state index in [0.717, 1.165) is 68.0 Å². The maximum atomic E-state index is 6.58. The number of nitrogens with zero attached hydrogens (tertiary/aromatic N) is 4. The summed E-state index contributed by atoms with van der Waals surface area (Å²) < 4.78 is 10.8. The van der Waals surface area contributed by atoms with E-state index in [-0.39, 0.29) is 26.5 Å². The van der Waals surface area contributed by atoms with Crippen molar-refractivity contribution in [3.05, 3.63) is 131 Å². The van der Waals surface area contributed by atoms with Gasteiger partial charge in [0.25, 0.3) is 0 Å². The molecule has 0 aliphatic heterocycles. The van der Waals surface area contributed by atoms with Crippen LogP contribution in [0.3, 0.4) is 0 Å². The molecule has 0 spiro atoms. The van der Waals surface area contributed by atoms with Gasteiger partial charge in [-0.3, -0.25) is 4.68 Å². The number of hydrogen-bond donors (Lipinski definition) is 0. The molecular weight excluding hydrogens is 784 g/mol. The predicted octanol–water partition coefficient (Wildman–Crippen LogP) is 11.1. The first kappa shape index (κ1) is 34.4. The summed E-state index contributed by atoms with van der Waals surface area (Å²) in [6.07, 6.45) is 2.72. The molecule has 3 heterocycles. The zero-order valence-electron chi connectivity index (χ0n) is 29.5. The van der Waals surface area contributed by atoms with Crippen LogP contribution in [-0.4, -0.2) is 19.3 Å². The standard InChI is InChI=1S/C43H42N4O.Pt/c1-9-31-22-34(47-30(5)42(29(4)45-47)32-13-11-10-12-14-32)25-36(23-31)48-35-16-17-37-38-24-33(28(3)43(6,7)8)15-18-39(38)46(40(37)26-35)41-21-27(2)19-20-44-41;/h10-24,28H,9H2,1-8H3;/q-2;+2. The number of aromatic nitrogens is 4. The van der Waals surface area contributed by atoms with Crippen molar-refractivity contribution < 1.29 is 25.8 Å². The molecule has 0 radical (unpaired) electrons. The van der Waals surface area contributed by atoms with Crippen molar-refractivity contribution in [3.8, 4) is 34.1 Å². The molecule has 0 saturated heterocycles. The van der Waals surface area contributed by atoms with E-state index in [1.54, 1.807) is 0 Å². The number of fused-ring (bicyclic) bond motifs is 3. The third-order valence-electron chi connectivity index (χ3n) is 9.70. The quantitative estimate of drug-likeness (QED) is 0.150. The van der Waals surface area contributed by atoms with E-state index in [1.807, 2.05) is 29.1 Å². The van der Waals surface area contributed by atoms with E-state index in [9.17, 15) is 0 Å². The minimum atomic E-state index is 0. The molecule has 0 N–H and O–H groups in total. The molecule has 4 aromatic carbocycles. The Labute approximate surface area is 304 Å². The van der Waals surface area contributed by atoms with Crippen molar-refractivity contribution in [1.29, 1.82) is 0 Å². The Balaban J connectivity index is 0.00000417. The van der Waals surface area contributed by atoms with Crippen LogP contribution in [0.5, 0.6) is 11.5 Å². The third kappa shape index (κ3) is 6.49. The molecule has 0 fully saturated rings. The number of ether oxygens (including phenoxy) is 1. The largest absolute Gasteiger partial charge is 2.00 e. The van der Waals surface area contributed by atoms with E-state index in [1.165, 1.54) is 10.9 Å². The van der Waals surface area contributed by atoms with Crippen molar-refractivity contribution in [2.75, 3.05) is 0 Å². The summed E-state index contributed by atoms with van der Waals surface area (Å²) >= 11 is 0. The summed E-state index contributed by atoms with van der Waals surface area (Å²) in [5.41, 5.74) is 11.0. The number of benzene rings is 4. The first-order valence-electron chi connectivity index (χ1n) is 16.8. The van der Waals surface area contributed by atoms with Crippen LogP contribution in [0.2, 0.25) is 0 Å². The second-order valence-electron chi connectivity index (χ2n) is 14.0. The van der Waals surface area contributed by atoms with Crippen molar-refractivity contribution in [2.45, 2.75) is 67.7 Å². The van der Waals surface area contributed by atoms with E-state index in [2.05, 4.69) is 139 Å². The normalized spacial score (nSPS) is 12.3. The summed E-state index contributed by atoms with van der Waals surface area (Å²) in [6, 6.07) is 36.9. The molecule has 7 rings (SSSR count). The second kappa shape index (κ2) is 13.4. The molecule has 0 aliphatic carbocycles. The van der Waals surface area contributed by atoms with Crippen molar-refractivity contribution in [3.63, 3.8) is 0 Å². The Hall–Kier alpha value is -4.47. The molecule has 3 aromatic heterocycles. The number of aryl methyl sites for hydroxylation is 3. The Morgan fingerprint density at radius 1 is 0.837 bits per heavy atom. The Kier molecular flexibility index (Phi) is 9.44. The van der Waals surface area contributed by atoms with E-state index >= 15 is 0 Å². The molecule has 250 valence electrons. The molecule has 1 unspecified atom stereocenters. The monoisotopic (exact) mass is 825 g/mol. The zero-order valence-corrected chi connectivity index (χ0v) is 31.7. The van der Waals surface area contributed by atoms with Gasteiger partial charge in [0.15, 0.2) is 0 Å². The van der Waals surface area contributed by atoms with Crippen molar-refractivity contribution in [1.82, 2.24) is 19.3 Å². The van der Waals surface area contributed by atoms with Gasteiger partial charge in [-0.1, -0.05) is 89.0 Å². The second-order valence-corrected chi connectivity index (χ2v) is 14.0. The van der Waals surface area contributed by atoms with Crippen LogP contribution in [-0.2, 0) is 27.5 Å². The molecule has 1 atom stereocenters. The molecular formula is C43H42N4OPt. The first-order valence-corrected chi connectivity index (χ1v) is 16.8. The van der Waals surface area contributed by atoms with Crippen LogP contribution in [0.4, 0.5) is 0 Å². The molecule has 0 bridgehead atoms. The predicted molar refractivity (Wildman–Crippen MR) is 197 cm³/mol. The fraction of sp³-hybridized carbons (Fsp3) is 0.256. The van der Waals surface area contributed by atoms with Crippen molar-refractivity contribution in [2.24, 2.45) is 5.41 Å². The third-order valence-corrected chi connectivity index (χ3v) is 9.70. The molecule has 7 aromatic rings. The van der Waals surface area contributed by atoms with Gasteiger partial charge >= 0.3 is 21.1 Å². The van der Waals surface area contributed by atoms with Gasteiger partial charge in [0.1, 0.15) is 5.82 Å². The summed E-state index contributed by atoms with van der Waals surface area (Å²) in [5, 5.41) is 7.25. The summed E-state index contributed by atoms with van der Waals surface area (Å²) in [4.78, 5) is 4.79. The first-order chi connectivity index (χ1) is 23.0. The molecule has 6 heteroatoms. The zero-order chi connectivity index (χ0) is 33.7. The van der Waals surface area contributed by atoms with Crippen molar-refractivity contribution >= 4 is 21.8 Å². The van der Waals surface area contributed by atoms with Gasteiger partial charge in [-0.05, 0) is 78.1 Å². The van der Waals surface area contributed by atoms with Crippen LogP contribution < -0.4 is 4.74 Å². The van der Waals surface area contributed by atoms with E-state index < -0.39 is 0 Å². The summed E-state index contributed by atoms with van der Waals surface area (Å²) in [7, 11) is 0. The van der Waals surface area contributed by atoms with Gasteiger partial charge in [-0.2, -0.15) is 16.7 Å². The minimum Gasteiger partial charge on any atom is -0.509 e. The van der Waals surface area contributed by atoms with Gasteiger partial charge in [0.05, 0.1) is 5.69 Å². The number of pyridine rings is 1. The molecule has 0 saturated carbocycles. The fourth-order valence-corrected chi connectivity index (χ4v) is 6.63. The smallest absolute Gasteiger partial charge is 0.509 e. The minimum absolute atomic E-state index is 0. The van der Waals surface area contributed by atoms with Gasteiger partial charge in [-0.25, -0.2) is 4.98 Å². The molecule has 0 aliphatic rings. The van der Waals surface area contributed by atoms with Gasteiger partial charge < -0.3 is 9.30 Å². The molecule has 49 heavy (non-hydrogen) atoms. The average molecular weight is 826 g/mol. The molecule has 5 nitrogen and oxygen atoms in total. The maximum absolute atomic E-state index is 6.58. The Morgan fingerprint density at radius 2 is 1.61 bits per heavy atom. The molecule has 0 amide bonds. The van der Waals surface area contributed by atoms with Crippen LogP contribution in [0.1, 0.15) is 68.6 Å². The Bertz CT molecular complexity index is 2290. The average Bonchev–Trinajstić information content (AvgIpc) is 3.56. The van der Waals surface area contributed by atoms with E-state index in [4.69, 9.17) is 14.8 Å². The van der Waals surface area contributed by atoms with Gasteiger partial charge in [0.2, 0.25) is 0 Å². The van der Waals surface area contributed by atoms with Crippen LogP contribution in [0.25, 0.3) is 44.4 Å². The fourth-order valence-electron chi connectivity index (χ4n) is 6.63. The topological polar surface area (TPSA) is 44.9 Å². The number of hydrogen-bond acceptors (Lipinski definition) is 3. The Morgan fingerprint density at radius 3 is 2.33 bits per heavy atom. The maximum Gasteiger partial charge on any atom is 2.00 e. The summed E-state index contributed by atoms with van der Waals surface area (Å²) in [5.74, 6) is 2.51. The van der Waals surface area contributed by atoms with Crippen LogP contribution in [0, 0.1) is 38.3 Å². The summed E-state index contributed by atoms with van der Waals surface area (Å²) in [6.45, 7) is 17.6. The van der Waals surface area contributed by atoms with Crippen LogP contribution >= 0.6 is 0 Å². The number of rotatable bonds is 7. The van der Waals surface area contributed by atoms with Crippen LogP contribution in [0.15, 0.2) is 91.1 Å². The van der Waals surface area contributed by atoms with E-state index in [0.29, 0.717) is 17.4 Å². The van der Waals surface area contributed by atoms with Gasteiger partial charge in [0, 0.05) is 34.5 Å².